The van der Waals surface area contributed by atoms with Gasteiger partial charge in [0.1, 0.15) is 10.6 Å². The van der Waals surface area contributed by atoms with E-state index in [-0.39, 0.29) is 22.6 Å². The molecule has 1 fully saturated rings. The topological polar surface area (TPSA) is 75.7 Å². The molecule has 1 aliphatic carbocycles. The van der Waals surface area contributed by atoms with Gasteiger partial charge in [-0.05, 0) is 43.9 Å². The van der Waals surface area contributed by atoms with E-state index in [1.165, 1.54) is 13.2 Å². The summed E-state index contributed by atoms with van der Waals surface area (Å²) < 4.78 is 33.9. The van der Waals surface area contributed by atoms with Gasteiger partial charge in [0.05, 0.1) is 7.11 Å². The van der Waals surface area contributed by atoms with E-state index in [0.717, 1.165) is 38.5 Å². The molecular formula is C21H34N2O4S. The number of carbonyl (C=O) groups is 1. The Morgan fingerprint density at radius 1 is 1.21 bits per heavy atom. The van der Waals surface area contributed by atoms with Gasteiger partial charge in [0.15, 0.2) is 0 Å². The van der Waals surface area contributed by atoms with Gasteiger partial charge in [-0.25, -0.2) is 13.1 Å². The van der Waals surface area contributed by atoms with Crippen LogP contribution in [0.1, 0.15) is 69.7 Å². The normalized spacial score (nSPS) is 15.2. The molecule has 28 heavy (non-hydrogen) atoms. The van der Waals surface area contributed by atoms with Crippen molar-refractivity contribution >= 4 is 15.9 Å². The van der Waals surface area contributed by atoms with Gasteiger partial charge in [-0.3, -0.25) is 4.79 Å². The highest BCUT2D eigenvalue weighted by atomic mass is 32.2. The van der Waals surface area contributed by atoms with Crippen molar-refractivity contribution in [2.24, 2.45) is 5.92 Å². The molecule has 1 N–H and O–H groups in total. The number of nitrogens with one attached hydrogen (secondary N) is 1. The number of rotatable bonds is 10. The SMILES string of the molecule is CCC(CC)CN(CC)C(=O)c1ccc(OC)c(S(=O)(=O)NC2CCCC2)c1. The van der Waals surface area contributed by atoms with Gasteiger partial charge in [-0.15, -0.1) is 0 Å². The van der Waals surface area contributed by atoms with Crippen molar-refractivity contribution in [3.63, 3.8) is 0 Å². The Morgan fingerprint density at radius 2 is 1.86 bits per heavy atom. The van der Waals surface area contributed by atoms with Crippen LogP contribution in [0.4, 0.5) is 0 Å². The van der Waals surface area contributed by atoms with Crippen LogP contribution in [0.3, 0.4) is 0 Å². The number of sulfonamides is 1. The van der Waals surface area contributed by atoms with Crippen LogP contribution >= 0.6 is 0 Å². The van der Waals surface area contributed by atoms with Gasteiger partial charge in [0.2, 0.25) is 10.0 Å². The second kappa shape index (κ2) is 10.3. The molecule has 1 amide bonds. The van der Waals surface area contributed by atoms with Gasteiger partial charge in [-0.1, -0.05) is 39.5 Å². The van der Waals surface area contributed by atoms with Crippen molar-refractivity contribution in [1.29, 1.82) is 0 Å². The number of carbonyl (C=O) groups excluding carboxylic acids is 1. The van der Waals surface area contributed by atoms with E-state index in [2.05, 4.69) is 18.6 Å². The quantitative estimate of drug-likeness (QED) is 0.636. The van der Waals surface area contributed by atoms with Crippen LogP contribution in [-0.4, -0.2) is 45.5 Å². The predicted molar refractivity (Wildman–Crippen MR) is 111 cm³/mol. The van der Waals surface area contributed by atoms with Crippen molar-refractivity contribution < 1.29 is 17.9 Å². The van der Waals surface area contributed by atoms with Crippen LogP contribution in [0.15, 0.2) is 23.1 Å². The second-order valence-corrected chi connectivity index (χ2v) is 9.18. The Hall–Kier alpha value is -1.60. The smallest absolute Gasteiger partial charge is 0.253 e. The minimum atomic E-state index is -3.75. The first-order valence-electron chi connectivity index (χ1n) is 10.4. The fourth-order valence-corrected chi connectivity index (χ4v) is 5.24. The van der Waals surface area contributed by atoms with Crippen molar-refractivity contribution in [1.82, 2.24) is 9.62 Å². The Morgan fingerprint density at radius 3 is 2.39 bits per heavy atom. The second-order valence-electron chi connectivity index (χ2n) is 7.49. The van der Waals surface area contributed by atoms with Gasteiger partial charge in [-0.2, -0.15) is 0 Å². The van der Waals surface area contributed by atoms with Crippen LogP contribution in [0, 0.1) is 5.92 Å². The molecule has 0 aromatic heterocycles. The summed E-state index contributed by atoms with van der Waals surface area (Å²) in [4.78, 5) is 14.9. The van der Waals surface area contributed by atoms with Crippen LogP contribution in [0.5, 0.6) is 5.75 Å². The Bertz CT molecular complexity index is 754. The standard InChI is InChI=1S/C21H34N2O4S/c1-5-16(6-2)15-23(7-3)21(24)17-12-13-19(27-4)20(14-17)28(25,26)22-18-10-8-9-11-18/h12-14,16,18,22H,5-11,15H2,1-4H3. The molecule has 0 heterocycles. The summed E-state index contributed by atoms with van der Waals surface area (Å²) in [5.74, 6) is 0.550. The minimum Gasteiger partial charge on any atom is -0.495 e. The maximum absolute atomic E-state index is 13.0. The van der Waals surface area contributed by atoms with Crippen LogP contribution in [0.25, 0.3) is 0 Å². The fraction of sp³-hybridized carbons (Fsp3) is 0.667. The predicted octanol–water partition coefficient (Wildman–Crippen LogP) is 3.81. The first-order valence-corrected chi connectivity index (χ1v) is 11.8. The molecule has 0 spiro atoms. The molecule has 6 nitrogen and oxygen atoms in total. The third-order valence-electron chi connectivity index (χ3n) is 5.68. The number of ether oxygens (including phenoxy) is 1. The van der Waals surface area contributed by atoms with Crippen molar-refractivity contribution in [2.75, 3.05) is 20.2 Å². The van der Waals surface area contributed by atoms with Crippen molar-refractivity contribution in [3.05, 3.63) is 23.8 Å². The highest BCUT2D eigenvalue weighted by molar-refractivity contribution is 7.89. The molecule has 0 radical (unpaired) electrons. The summed E-state index contributed by atoms with van der Waals surface area (Å²) in [6.45, 7) is 7.46. The zero-order valence-corrected chi connectivity index (χ0v) is 18.3. The van der Waals surface area contributed by atoms with Gasteiger partial charge in [0.25, 0.3) is 5.91 Å². The van der Waals surface area contributed by atoms with Gasteiger partial charge in [0, 0.05) is 24.7 Å². The van der Waals surface area contributed by atoms with Crippen molar-refractivity contribution in [3.8, 4) is 5.75 Å². The molecule has 0 aliphatic heterocycles. The zero-order valence-electron chi connectivity index (χ0n) is 17.5. The average molecular weight is 411 g/mol. The highest BCUT2D eigenvalue weighted by Crippen LogP contribution is 2.28. The molecule has 1 aromatic rings. The van der Waals surface area contributed by atoms with Gasteiger partial charge >= 0.3 is 0 Å². The van der Waals surface area contributed by atoms with E-state index in [0.29, 0.717) is 24.6 Å². The zero-order chi connectivity index (χ0) is 20.7. The summed E-state index contributed by atoms with van der Waals surface area (Å²) in [5.41, 5.74) is 0.375. The van der Waals surface area contributed by atoms with E-state index >= 15 is 0 Å². The van der Waals surface area contributed by atoms with Crippen LogP contribution in [-0.2, 0) is 10.0 Å². The first kappa shape index (κ1) is 22.7. The summed E-state index contributed by atoms with van der Waals surface area (Å²) in [6, 6.07) is 4.62. The minimum absolute atomic E-state index is 0.0336. The Balaban J connectivity index is 2.30. The first-order chi connectivity index (χ1) is 13.4. The highest BCUT2D eigenvalue weighted by Gasteiger charge is 2.27. The number of nitrogens with zero attached hydrogens (tertiary/aromatic N) is 1. The van der Waals surface area contributed by atoms with E-state index < -0.39 is 10.0 Å². The lowest BCUT2D eigenvalue weighted by Crippen LogP contribution is -2.35. The molecule has 0 bridgehead atoms. The maximum Gasteiger partial charge on any atom is 0.253 e. The summed E-state index contributed by atoms with van der Waals surface area (Å²) in [5, 5.41) is 0. The van der Waals surface area contributed by atoms with Crippen LogP contribution in [0.2, 0.25) is 0 Å². The summed E-state index contributed by atoms with van der Waals surface area (Å²) in [6.07, 6.45) is 5.77. The molecule has 158 valence electrons. The van der Waals surface area contributed by atoms with E-state index in [4.69, 9.17) is 4.74 Å². The molecule has 1 saturated carbocycles. The lowest BCUT2D eigenvalue weighted by Gasteiger charge is -2.26. The lowest BCUT2D eigenvalue weighted by molar-refractivity contribution is 0.0734. The fourth-order valence-electron chi connectivity index (χ4n) is 3.74. The van der Waals surface area contributed by atoms with E-state index in [9.17, 15) is 13.2 Å². The monoisotopic (exact) mass is 410 g/mol. The number of hydrogen-bond acceptors (Lipinski definition) is 4. The summed E-state index contributed by atoms with van der Waals surface area (Å²) in [7, 11) is -2.31. The summed E-state index contributed by atoms with van der Waals surface area (Å²) >= 11 is 0. The number of methoxy groups -OCH3 is 1. The molecule has 0 unspecified atom stereocenters. The molecule has 7 heteroatoms. The Kier molecular flexibility index (Phi) is 8.31. The van der Waals surface area contributed by atoms with E-state index in [1.54, 1.807) is 17.0 Å². The lowest BCUT2D eigenvalue weighted by atomic mass is 10.0. The third-order valence-corrected chi connectivity index (χ3v) is 7.22. The Labute approximate surface area is 169 Å². The number of amides is 1. The number of hydrogen-bond donors (Lipinski definition) is 1. The van der Waals surface area contributed by atoms with Crippen molar-refractivity contribution in [2.45, 2.75) is 70.2 Å². The maximum atomic E-state index is 13.0. The molecule has 2 rings (SSSR count). The molecule has 0 saturated heterocycles. The van der Waals surface area contributed by atoms with Gasteiger partial charge < -0.3 is 9.64 Å². The third kappa shape index (κ3) is 5.47. The largest absolute Gasteiger partial charge is 0.495 e. The average Bonchev–Trinajstić information content (AvgIpc) is 3.20. The van der Waals surface area contributed by atoms with E-state index in [1.807, 2.05) is 6.92 Å². The molecule has 1 aliphatic rings. The molecule has 0 atom stereocenters. The molecular weight excluding hydrogens is 376 g/mol. The molecule has 1 aromatic carbocycles. The van der Waals surface area contributed by atoms with Crippen LogP contribution < -0.4 is 9.46 Å². The number of benzene rings is 1.